The molecule has 3 fully saturated rings. The molecule has 0 saturated heterocycles. The minimum atomic E-state index is -0.738. The molecule has 42 heavy (non-hydrogen) atoms. The van der Waals surface area contributed by atoms with Crippen LogP contribution in [0.1, 0.15) is 104 Å². The van der Waals surface area contributed by atoms with Crippen LogP contribution in [0, 0.1) is 72.9 Å². The van der Waals surface area contributed by atoms with Crippen molar-refractivity contribution in [1.82, 2.24) is 9.55 Å². The number of hydrogen-bond donors (Lipinski definition) is 0. The van der Waals surface area contributed by atoms with Gasteiger partial charge in [0.2, 0.25) is 11.7 Å². The Morgan fingerprint density at radius 2 is 1.67 bits per heavy atom. The molecule has 7 nitrogen and oxygen atoms in total. The van der Waals surface area contributed by atoms with Gasteiger partial charge in [-0.2, -0.15) is 10.5 Å². The second-order valence-corrected chi connectivity index (χ2v) is 16.0. The quantitative estimate of drug-likeness (QED) is 0.377. The SMILES string of the molecule is CC1(C)CCC2(C(=O)n3ccnc3C#N)CCC3(C)C(C(=O)C=C4C5(C)C=C(C#N)C(=O)C(C)(C)C5CCC43C)C2C1. The Balaban J connectivity index is 1.53. The van der Waals surface area contributed by atoms with Crippen molar-refractivity contribution in [2.75, 3.05) is 0 Å². The Morgan fingerprint density at radius 3 is 2.33 bits per heavy atom. The Kier molecular flexibility index (Phi) is 5.91. The zero-order valence-electron chi connectivity index (χ0n) is 26.0. The van der Waals surface area contributed by atoms with Crippen LogP contribution in [0.5, 0.6) is 0 Å². The number of carbonyl (C=O) groups excluding carboxylic acids is 3. The highest BCUT2D eigenvalue weighted by molar-refractivity contribution is 6.04. The highest BCUT2D eigenvalue weighted by Crippen LogP contribution is 2.74. The first kappa shape index (κ1) is 28.8. The minimum Gasteiger partial charge on any atom is -0.295 e. The van der Waals surface area contributed by atoms with Crippen LogP contribution in [0.25, 0.3) is 0 Å². The number of aromatic nitrogens is 2. The van der Waals surface area contributed by atoms with Crippen LogP contribution >= 0.6 is 0 Å². The summed E-state index contributed by atoms with van der Waals surface area (Å²) < 4.78 is 1.42. The third-order valence-electron chi connectivity index (χ3n) is 13.2. The molecule has 0 aromatic carbocycles. The van der Waals surface area contributed by atoms with Gasteiger partial charge in [0.1, 0.15) is 12.1 Å². The highest BCUT2D eigenvalue weighted by Gasteiger charge is 2.71. The van der Waals surface area contributed by atoms with Crippen molar-refractivity contribution in [3.8, 4) is 12.1 Å². The van der Waals surface area contributed by atoms with E-state index in [9.17, 15) is 24.9 Å². The summed E-state index contributed by atoms with van der Waals surface area (Å²) in [5.74, 6) is -0.555. The van der Waals surface area contributed by atoms with E-state index in [1.54, 1.807) is 6.20 Å². The number of rotatable bonds is 1. The third kappa shape index (κ3) is 3.37. The smallest absolute Gasteiger partial charge is 0.239 e. The van der Waals surface area contributed by atoms with Crippen molar-refractivity contribution < 1.29 is 14.4 Å². The molecule has 220 valence electrons. The molecule has 5 aliphatic rings. The van der Waals surface area contributed by atoms with Gasteiger partial charge in [-0.1, -0.05) is 60.1 Å². The van der Waals surface area contributed by atoms with Gasteiger partial charge in [-0.25, -0.2) is 4.98 Å². The van der Waals surface area contributed by atoms with Gasteiger partial charge in [-0.3, -0.25) is 19.0 Å². The van der Waals surface area contributed by atoms with Gasteiger partial charge in [0.15, 0.2) is 11.6 Å². The maximum absolute atomic E-state index is 14.7. The number of hydrogen-bond acceptors (Lipinski definition) is 6. The van der Waals surface area contributed by atoms with E-state index in [1.807, 2.05) is 26.0 Å². The fourth-order valence-corrected chi connectivity index (χ4v) is 10.8. The van der Waals surface area contributed by atoms with Crippen molar-refractivity contribution in [3.63, 3.8) is 0 Å². The Labute approximate surface area is 249 Å². The lowest BCUT2D eigenvalue weighted by atomic mass is 9.34. The van der Waals surface area contributed by atoms with Gasteiger partial charge in [-0.05, 0) is 79.1 Å². The third-order valence-corrected chi connectivity index (χ3v) is 13.2. The fourth-order valence-electron chi connectivity index (χ4n) is 10.8. The molecule has 1 aromatic rings. The number of ketones is 2. The van der Waals surface area contributed by atoms with Crippen molar-refractivity contribution in [1.29, 1.82) is 10.5 Å². The van der Waals surface area contributed by atoms with Gasteiger partial charge in [-0.15, -0.1) is 0 Å². The molecular formula is C35H42N4O3. The van der Waals surface area contributed by atoms with Gasteiger partial charge in [0.25, 0.3) is 0 Å². The molecule has 0 bridgehead atoms. The topological polar surface area (TPSA) is 117 Å². The second kappa shape index (κ2) is 8.62. The molecule has 1 aromatic heterocycles. The molecular weight excluding hydrogens is 524 g/mol. The summed E-state index contributed by atoms with van der Waals surface area (Å²) in [6.07, 6.45) is 12.2. The molecule has 1 heterocycles. The van der Waals surface area contributed by atoms with Crippen LogP contribution in [0.3, 0.4) is 0 Å². The lowest BCUT2D eigenvalue weighted by Crippen LogP contribution is -2.66. The number of fused-ring (bicyclic) bond motifs is 7. The first-order chi connectivity index (χ1) is 19.5. The van der Waals surface area contributed by atoms with E-state index in [4.69, 9.17) is 0 Å². The first-order valence-corrected chi connectivity index (χ1v) is 15.4. The summed E-state index contributed by atoms with van der Waals surface area (Å²) in [7, 11) is 0. The summed E-state index contributed by atoms with van der Waals surface area (Å²) in [6, 6.07) is 4.24. The number of Topliss-reactive ketones (excluding diaryl/α,β-unsaturated/α-hetero) is 1. The number of allylic oxidation sites excluding steroid dienone is 4. The number of nitriles is 2. The fraction of sp³-hybridized carbons (Fsp3) is 0.657. The standard InChI is InChI=1S/C35H42N4O3/c1-30(2)10-12-35(29(42)39-15-14-38-26(39)20-37)13-11-34(7)27(22(35)18-30)23(40)16-25-32(5)17-21(19-36)28(41)31(3,4)24(32)8-9-33(25,34)6/h14-17,22,24,27H,8-13,18H2,1-7H3. The van der Waals surface area contributed by atoms with E-state index in [-0.39, 0.29) is 57.5 Å². The number of nitrogens with zero attached hydrogens (tertiary/aromatic N) is 4. The Hall–Kier alpha value is -3.32. The molecule has 3 saturated carbocycles. The van der Waals surface area contributed by atoms with Crippen molar-refractivity contribution in [2.45, 2.75) is 93.4 Å². The summed E-state index contributed by atoms with van der Waals surface area (Å²) in [5, 5.41) is 19.6. The van der Waals surface area contributed by atoms with Crippen LogP contribution in [-0.2, 0) is 9.59 Å². The molecule has 6 rings (SSSR count). The predicted octanol–water partition coefficient (Wildman–Crippen LogP) is 6.61. The normalized spacial score (nSPS) is 41.5. The lowest BCUT2D eigenvalue weighted by Gasteiger charge is -2.69. The van der Waals surface area contributed by atoms with E-state index < -0.39 is 21.7 Å². The van der Waals surface area contributed by atoms with Crippen molar-refractivity contribution in [2.24, 2.45) is 50.2 Å². The average molecular weight is 567 g/mol. The van der Waals surface area contributed by atoms with Gasteiger partial charge >= 0.3 is 0 Å². The lowest BCUT2D eigenvalue weighted by molar-refractivity contribution is -0.164. The Bertz CT molecular complexity index is 1580. The molecule has 7 unspecified atom stereocenters. The average Bonchev–Trinajstić information content (AvgIpc) is 3.40. The van der Waals surface area contributed by atoms with Crippen LogP contribution < -0.4 is 0 Å². The number of imidazole rings is 1. The van der Waals surface area contributed by atoms with Gasteiger partial charge in [0.05, 0.1) is 11.0 Å². The maximum Gasteiger partial charge on any atom is 0.239 e. The van der Waals surface area contributed by atoms with Crippen LogP contribution in [0.4, 0.5) is 0 Å². The Morgan fingerprint density at radius 1 is 0.976 bits per heavy atom. The van der Waals surface area contributed by atoms with E-state index in [0.717, 1.165) is 31.3 Å². The predicted molar refractivity (Wildman–Crippen MR) is 156 cm³/mol. The molecule has 7 atom stereocenters. The molecule has 0 aliphatic heterocycles. The zero-order valence-corrected chi connectivity index (χ0v) is 26.0. The van der Waals surface area contributed by atoms with E-state index >= 15 is 0 Å². The van der Waals surface area contributed by atoms with Crippen LogP contribution in [-0.4, -0.2) is 27.0 Å². The summed E-state index contributed by atoms with van der Waals surface area (Å²) in [6.45, 7) is 15.1. The molecule has 5 aliphatic carbocycles. The highest BCUT2D eigenvalue weighted by atomic mass is 16.2. The molecule has 0 radical (unpaired) electrons. The largest absolute Gasteiger partial charge is 0.295 e. The molecule has 0 N–H and O–H groups in total. The molecule has 7 heteroatoms. The van der Waals surface area contributed by atoms with Crippen LogP contribution in [0.2, 0.25) is 0 Å². The van der Waals surface area contributed by atoms with Gasteiger partial charge in [0, 0.05) is 29.1 Å². The first-order valence-electron chi connectivity index (χ1n) is 15.4. The van der Waals surface area contributed by atoms with E-state index in [1.165, 1.54) is 10.8 Å². The molecule has 0 amide bonds. The van der Waals surface area contributed by atoms with Crippen molar-refractivity contribution in [3.05, 3.63) is 41.5 Å². The minimum absolute atomic E-state index is 0.00890. The van der Waals surface area contributed by atoms with Gasteiger partial charge < -0.3 is 0 Å². The number of carbonyl (C=O) groups is 3. The summed E-state index contributed by atoms with van der Waals surface area (Å²) >= 11 is 0. The van der Waals surface area contributed by atoms with E-state index in [2.05, 4.69) is 51.7 Å². The maximum atomic E-state index is 14.7. The summed E-state index contributed by atoms with van der Waals surface area (Å²) in [5.41, 5.74) is -1.55. The second-order valence-electron chi connectivity index (χ2n) is 16.0. The van der Waals surface area contributed by atoms with Crippen molar-refractivity contribution >= 4 is 17.5 Å². The molecule has 0 spiro atoms. The monoisotopic (exact) mass is 566 g/mol. The van der Waals surface area contributed by atoms with E-state index in [0.29, 0.717) is 19.3 Å². The van der Waals surface area contributed by atoms with Crippen LogP contribution in [0.15, 0.2) is 35.7 Å². The zero-order chi connectivity index (χ0) is 30.7. The summed E-state index contributed by atoms with van der Waals surface area (Å²) in [4.78, 5) is 46.5.